The molecular formula is C27H25BrClF2N5O5. The third-order valence-corrected chi connectivity index (χ3v) is 8.08. The van der Waals surface area contributed by atoms with Gasteiger partial charge < -0.3 is 20.1 Å². The average Bonchev–Trinajstić information content (AvgIpc) is 2.92. The van der Waals surface area contributed by atoms with Crippen LogP contribution < -0.4 is 10.9 Å². The molecule has 2 amide bonds. The Morgan fingerprint density at radius 3 is 2.49 bits per heavy atom. The van der Waals surface area contributed by atoms with Gasteiger partial charge in [0.2, 0.25) is 5.56 Å². The maximum atomic E-state index is 13.7. The number of piperidine rings is 2. The van der Waals surface area contributed by atoms with E-state index in [1.807, 2.05) is 0 Å². The predicted octanol–water partition coefficient (Wildman–Crippen LogP) is 5.44. The second kappa shape index (κ2) is 11.4. The molecule has 2 N–H and O–H groups in total. The molecule has 10 nitrogen and oxygen atoms in total. The first-order chi connectivity index (χ1) is 19.4. The van der Waals surface area contributed by atoms with Crippen LogP contribution in [0.15, 0.2) is 45.7 Å². The number of rotatable bonds is 5. The normalized spacial score (nSPS) is 18.8. The number of hydrogen-bond acceptors (Lipinski definition) is 6. The number of aromatic amines is 1. The standard InChI is InChI=1S/C27H25BrClF2N5O5/c28-15-10-20(26(39)34-8-5-27(30,31)6-9-34)24(22(11-15)36(40)41)32-17-2-1-7-35(14-17)25(38)19-13-23(37)33-21-12-16(29)3-4-18(19)21/h3-4,10-13,17,32H,1-2,5-9,14H2,(H,33,37)/t17-/m1/s1. The molecule has 2 saturated heterocycles. The molecule has 1 atom stereocenters. The van der Waals surface area contributed by atoms with Gasteiger partial charge in [-0.3, -0.25) is 24.5 Å². The van der Waals surface area contributed by atoms with Crippen molar-refractivity contribution in [3.63, 3.8) is 0 Å². The van der Waals surface area contributed by atoms with Crippen LogP contribution in [-0.4, -0.2) is 69.7 Å². The van der Waals surface area contributed by atoms with Crippen LogP contribution >= 0.6 is 27.5 Å². The molecule has 0 spiro atoms. The molecule has 2 fully saturated rings. The van der Waals surface area contributed by atoms with E-state index < -0.39 is 41.2 Å². The molecule has 41 heavy (non-hydrogen) atoms. The van der Waals surface area contributed by atoms with Gasteiger partial charge in [0.1, 0.15) is 5.69 Å². The number of anilines is 1. The van der Waals surface area contributed by atoms with Gasteiger partial charge in [-0.25, -0.2) is 8.78 Å². The van der Waals surface area contributed by atoms with Crippen molar-refractivity contribution in [2.75, 3.05) is 31.5 Å². The number of likely N-dealkylation sites (tertiary alicyclic amines) is 2. The number of benzene rings is 2. The number of carbonyl (C=O) groups excluding carboxylic acids is 2. The predicted molar refractivity (Wildman–Crippen MR) is 153 cm³/mol. The quantitative estimate of drug-likeness (QED) is 0.279. The molecular weight excluding hydrogens is 628 g/mol. The molecule has 2 aliphatic rings. The third-order valence-electron chi connectivity index (χ3n) is 7.38. The molecule has 0 unspecified atom stereocenters. The van der Waals surface area contributed by atoms with Gasteiger partial charge in [0, 0.05) is 72.1 Å². The van der Waals surface area contributed by atoms with Crippen molar-refractivity contribution in [2.45, 2.75) is 37.6 Å². The topological polar surface area (TPSA) is 129 Å². The molecule has 5 rings (SSSR count). The fourth-order valence-corrected chi connectivity index (χ4v) is 5.95. The summed E-state index contributed by atoms with van der Waals surface area (Å²) in [6.45, 7) is 0.200. The van der Waals surface area contributed by atoms with Gasteiger partial charge in [0.15, 0.2) is 0 Å². The van der Waals surface area contributed by atoms with Crippen LogP contribution in [-0.2, 0) is 0 Å². The molecule has 1 aromatic heterocycles. The number of pyridine rings is 1. The van der Waals surface area contributed by atoms with E-state index in [0.29, 0.717) is 39.8 Å². The Labute approximate surface area is 245 Å². The van der Waals surface area contributed by atoms with E-state index in [0.717, 1.165) is 0 Å². The fraction of sp³-hybridized carbons (Fsp3) is 0.370. The van der Waals surface area contributed by atoms with E-state index in [-0.39, 0.29) is 48.0 Å². The van der Waals surface area contributed by atoms with E-state index in [2.05, 4.69) is 26.2 Å². The van der Waals surface area contributed by atoms with Crippen LogP contribution in [0.1, 0.15) is 46.4 Å². The lowest BCUT2D eigenvalue weighted by molar-refractivity contribution is -0.384. The van der Waals surface area contributed by atoms with Gasteiger partial charge in [-0.1, -0.05) is 33.6 Å². The number of nitrogens with one attached hydrogen (secondary N) is 2. The summed E-state index contributed by atoms with van der Waals surface area (Å²) in [5.41, 5.74) is -0.240. The molecule has 0 saturated carbocycles. The number of aromatic nitrogens is 1. The molecule has 3 heterocycles. The van der Waals surface area contributed by atoms with Crippen LogP contribution in [0.25, 0.3) is 10.9 Å². The maximum Gasteiger partial charge on any atom is 0.294 e. The van der Waals surface area contributed by atoms with E-state index in [1.54, 1.807) is 23.1 Å². The Bertz CT molecular complexity index is 1610. The van der Waals surface area contributed by atoms with Crippen molar-refractivity contribution in [1.82, 2.24) is 14.8 Å². The van der Waals surface area contributed by atoms with Crippen molar-refractivity contribution < 1.29 is 23.3 Å². The summed E-state index contributed by atoms with van der Waals surface area (Å²) in [6, 6.07) is 8.30. The number of amides is 2. The number of hydrogen-bond donors (Lipinski definition) is 2. The fourth-order valence-electron chi connectivity index (χ4n) is 5.33. The summed E-state index contributed by atoms with van der Waals surface area (Å²) in [5, 5.41) is 16.0. The van der Waals surface area contributed by atoms with Crippen LogP contribution in [0.2, 0.25) is 5.02 Å². The SMILES string of the molecule is O=C(c1cc(Br)cc([N+](=O)[O-])c1N[C@@H]1CCCN(C(=O)c2cc(=O)[nH]c3cc(Cl)ccc23)C1)N1CCC(F)(F)CC1. The molecule has 14 heteroatoms. The van der Waals surface area contributed by atoms with Gasteiger partial charge in [-0.2, -0.15) is 0 Å². The highest BCUT2D eigenvalue weighted by Gasteiger charge is 2.37. The number of nitro groups is 1. The maximum absolute atomic E-state index is 13.7. The van der Waals surface area contributed by atoms with Crippen molar-refractivity contribution >= 4 is 61.6 Å². The van der Waals surface area contributed by atoms with E-state index in [1.165, 1.54) is 23.1 Å². The Balaban J connectivity index is 1.43. The van der Waals surface area contributed by atoms with Gasteiger partial charge in [-0.05, 0) is 31.0 Å². The second-order valence-electron chi connectivity index (χ2n) is 10.2. The molecule has 2 aromatic carbocycles. The lowest BCUT2D eigenvalue weighted by Crippen LogP contribution is -2.46. The number of H-pyrrole nitrogens is 1. The van der Waals surface area contributed by atoms with Crippen molar-refractivity contribution in [3.8, 4) is 0 Å². The Kier molecular flexibility index (Phi) is 8.02. The van der Waals surface area contributed by atoms with Gasteiger partial charge in [0.05, 0.1) is 21.6 Å². The van der Waals surface area contributed by atoms with E-state index in [9.17, 15) is 33.3 Å². The van der Waals surface area contributed by atoms with E-state index in [4.69, 9.17) is 11.6 Å². The number of carbonyl (C=O) groups is 2. The van der Waals surface area contributed by atoms with Crippen LogP contribution in [0.5, 0.6) is 0 Å². The first kappa shape index (κ1) is 28.9. The van der Waals surface area contributed by atoms with Crippen LogP contribution in [0, 0.1) is 10.1 Å². The molecule has 3 aromatic rings. The zero-order valence-electron chi connectivity index (χ0n) is 21.6. The summed E-state index contributed by atoms with van der Waals surface area (Å²) in [6.07, 6.45) is 0.137. The van der Waals surface area contributed by atoms with Crippen molar-refractivity contribution in [1.29, 1.82) is 0 Å². The number of nitro benzene ring substituents is 1. The zero-order valence-corrected chi connectivity index (χ0v) is 23.9. The smallest absolute Gasteiger partial charge is 0.294 e. The highest BCUT2D eigenvalue weighted by Crippen LogP contribution is 2.36. The number of fused-ring (bicyclic) bond motifs is 1. The third kappa shape index (κ3) is 6.20. The average molecular weight is 653 g/mol. The minimum Gasteiger partial charge on any atom is -0.374 e. The van der Waals surface area contributed by atoms with Crippen molar-refractivity contribution in [3.05, 3.63) is 77.5 Å². The Hall–Kier alpha value is -3.58. The number of alkyl halides is 2. The molecule has 0 bridgehead atoms. The van der Waals surface area contributed by atoms with E-state index >= 15 is 0 Å². The minimum absolute atomic E-state index is 0.0165. The number of nitrogens with zero attached hydrogens (tertiary/aromatic N) is 3. The molecule has 0 radical (unpaired) electrons. The second-order valence-corrected chi connectivity index (χ2v) is 11.6. The molecule has 216 valence electrons. The van der Waals surface area contributed by atoms with Crippen LogP contribution in [0.3, 0.4) is 0 Å². The molecule has 2 aliphatic heterocycles. The largest absolute Gasteiger partial charge is 0.374 e. The highest BCUT2D eigenvalue weighted by molar-refractivity contribution is 9.10. The monoisotopic (exact) mass is 651 g/mol. The van der Waals surface area contributed by atoms with Gasteiger partial charge >= 0.3 is 0 Å². The first-order valence-corrected chi connectivity index (χ1v) is 14.1. The first-order valence-electron chi connectivity index (χ1n) is 13.0. The van der Waals surface area contributed by atoms with Crippen molar-refractivity contribution in [2.24, 2.45) is 0 Å². The summed E-state index contributed by atoms with van der Waals surface area (Å²) >= 11 is 9.28. The Morgan fingerprint density at radius 2 is 1.78 bits per heavy atom. The lowest BCUT2D eigenvalue weighted by Gasteiger charge is -2.35. The Morgan fingerprint density at radius 1 is 1.07 bits per heavy atom. The lowest BCUT2D eigenvalue weighted by atomic mass is 10.0. The summed E-state index contributed by atoms with van der Waals surface area (Å²) in [7, 11) is 0. The molecule has 0 aliphatic carbocycles. The minimum atomic E-state index is -2.86. The van der Waals surface area contributed by atoms with Gasteiger partial charge in [-0.15, -0.1) is 0 Å². The van der Waals surface area contributed by atoms with Gasteiger partial charge in [0.25, 0.3) is 23.4 Å². The highest BCUT2D eigenvalue weighted by atomic mass is 79.9. The summed E-state index contributed by atoms with van der Waals surface area (Å²) < 4.78 is 27.7. The summed E-state index contributed by atoms with van der Waals surface area (Å²) in [4.78, 5) is 56.2. The summed E-state index contributed by atoms with van der Waals surface area (Å²) in [5.74, 6) is -3.84. The zero-order chi connectivity index (χ0) is 29.5. The number of halogens is 4. The van der Waals surface area contributed by atoms with Crippen LogP contribution in [0.4, 0.5) is 20.2 Å².